The first kappa shape index (κ1) is 23.2. The van der Waals surface area contributed by atoms with Gasteiger partial charge in [0.05, 0.1) is 6.04 Å². The molecule has 160 valence electrons. The number of carboxylic acids is 1. The molecule has 2 atom stereocenters. The number of benzene rings is 2. The van der Waals surface area contributed by atoms with E-state index < -0.39 is 30.1 Å². The summed E-state index contributed by atoms with van der Waals surface area (Å²) in [5, 5.41) is 13.9. The molecule has 30 heavy (non-hydrogen) atoms. The number of amides is 2. The second-order valence-electron chi connectivity index (χ2n) is 6.89. The summed E-state index contributed by atoms with van der Waals surface area (Å²) >= 11 is 0. The van der Waals surface area contributed by atoms with Crippen LogP contribution in [-0.4, -0.2) is 48.3 Å². The fourth-order valence-electron chi connectivity index (χ4n) is 3.35. The molecule has 5 N–H and O–H groups in total. The molecule has 0 fully saturated rings. The van der Waals surface area contributed by atoms with E-state index in [0.717, 1.165) is 22.3 Å². The number of carboxylic acid groups (broad SMARTS) is 1. The van der Waals surface area contributed by atoms with Crippen LogP contribution in [0.2, 0.25) is 0 Å². The Balaban J connectivity index is 0.00000320. The van der Waals surface area contributed by atoms with Crippen LogP contribution in [0.15, 0.2) is 48.5 Å². The molecule has 0 heterocycles. The molecule has 1 aliphatic rings. The SMILES string of the molecule is C[C@@H](N)C(=O)NC[C@H](NC(=O)OCC1c2ccccc2-c2ccccc21)C(=O)O.Cl. The Morgan fingerprint density at radius 3 is 2.10 bits per heavy atom. The summed E-state index contributed by atoms with van der Waals surface area (Å²) < 4.78 is 5.32. The lowest BCUT2D eigenvalue weighted by molar-refractivity contribution is -0.139. The number of rotatable bonds is 7. The van der Waals surface area contributed by atoms with Crippen LogP contribution in [0.5, 0.6) is 0 Å². The van der Waals surface area contributed by atoms with Crippen molar-refractivity contribution in [1.29, 1.82) is 0 Å². The minimum absolute atomic E-state index is 0. The first-order valence-electron chi connectivity index (χ1n) is 9.26. The monoisotopic (exact) mass is 433 g/mol. The van der Waals surface area contributed by atoms with E-state index in [1.54, 1.807) is 0 Å². The smallest absolute Gasteiger partial charge is 0.407 e. The van der Waals surface area contributed by atoms with Gasteiger partial charge in [-0.05, 0) is 29.2 Å². The van der Waals surface area contributed by atoms with Gasteiger partial charge in [-0.1, -0.05) is 48.5 Å². The summed E-state index contributed by atoms with van der Waals surface area (Å²) in [7, 11) is 0. The molecule has 0 aromatic heterocycles. The lowest BCUT2D eigenvalue weighted by Crippen LogP contribution is -2.50. The van der Waals surface area contributed by atoms with Gasteiger partial charge < -0.3 is 26.2 Å². The normalized spacial score (nSPS) is 13.8. The zero-order valence-electron chi connectivity index (χ0n) is 16.3. The van der Waals surface area contributed by atoms with E-state index in [0.29, 0.717) is 0 Å². The quantitative estimate of drug-likeness (QED) is 0.527. The molecule has 0 spiro atoms. The molecule has 0 aliphatic heterocycles. The number of carbonyl (C=O) groups excluding carboxylic acids is 2. The van der Waals surface area contributed by atoms with Gasteiger partial charge in [0.25, 0.3) is 0 Å². The Labute approximate surface area is 180 Å². The fraction of sp³-hybridized carbons (Fsp3) is 0.286. The summed E-state index contributed by atoms with van der Waals surface area (Å²) in [6.45, 7) is 1.25. The first-order chi connectivity index (χ1) is 13.9. The number of hydrogen-bond donors (Lipinski definition) is 4. The summed E-state index contributed by atoms with van der Waals surface area (Å²) in [6, 6.07) is 13.7. The molecule has 0 bridgehead atoms. The van der Waals surface area contributed by atoms with Gasteiger partial charge in [-0.15, -0.1) is 12.4 Å². The van der Waals surface area contributed by atoms with Crippen molar-refractivity contribution in [3.63, 3.8) is 0 Å². The van der Waals surface area contributed by atoms with Crippen molar-refractivity contribution in [3.8, 4) is 11.1 Å². The molecule has 9 heteroatoms. The second-order valence-corrected chi connectivity index (χ2v) is 6.89. The van der Waals surface area contributed by atoms with Crippen LogP contribution < -0.4 is 16.4 Å². The molecule has 0 saturated carbocycles. The molecule has 8 nitrogen and oxygen atoms in total. The molecule has 2 amide bonds. The lowest BCUT2D eigenvalue weighted by atomic mass is 9.98. The molecule has 0 radical (unpaired) electrons. The van der Waals surface area contributed by atoms with E-state index in [1.807, 2.05) is 48.5 Å². The van der Waals surface area contributed by atoms with Gasteiger partial charge in [-0.3, -0.25) is 4.79 Å². The van der Waals surface area contributed by atoms with Crippen LogP contribution in [0.3, 0.4) is 0 Å². The molecule has 1 aliphatic carbocycles. The number of alkyl carbamates (subject to hydrolysis) is 1. The zero-order valence-corrected chi connectivity index (χ0v) is 17.1. The minimum atomic E-state index is -1.33. The van der Waals surface area contributed by atoms with E-state index in [-0.39, 0.29) is 31.5 Å². The highest BCUT2D eigenvalue weighted by molar-refractivity contribution is 5.85. The Morgan fingerprint density at radius 2 is 1.60 bits per heavy atom. The van der Waals surface area contributed by atoms with Crippen molar-refractivity contribution in [3.05, 3.63) is 59.7 Å². The van der Waals surface area contributed by atoms with Gasteiger partial charge in [0.1, 0.15) is 12.6 Å². The lowest BCUT2D eigenvalue weighted by Gasteiger charge is -2.18. The predicted molar refractivity (Wildman–Crippen MR) is 114 cm³/mol. The topological polar surface area (TPSA) is 131 Å². The van der Waals surface area contributed by atoms with Crippen molar-refractivity contribution in [2.45, 2.75) is 24.9 Å². The maximum absolute atomic E-state index is 12.2. The van der Waals surface area contributed by atoms with E-state index in [9.17, 15) is 19.5 Å². The highest BCUT2D eigenvalue weighted by atomic mass is 35.5. The van der Waals surface area contributed by atoms with E-state index in [1.165, 1.54) is 6.92 Å². The van der Waals surface area contributed by atoms with Gasteiger partial charge in [0, 0.05) is 12.5 Å². The van der Waals surface area contributed by atoms with Gasteiger partial charge in [-0.25, -0.2) is 9.59 Å². The van der Waals surface area contributed by atoms with E-state index in [2.05, 4.69) is 10.6 Å². The maximum Gasteiger partial charge on any atom is 0.407 e. The minimum Gasteiger partial charge on any atom is -0.480 e. The fourth-order valence-corrected chi connectivity index (χ4v) is 3.35. The number of fused-ring (bicyclic) bond motifs is 3. The number of halogens is 1. The number of ether oxygens (including phenoxy) is 1. The molecular weight excluding hydrogens is 410 g/mol. The summed E-state index contributed by atoms with van der Waals surface area (Å²) in [4.78, 5) is 35.1. The molecule has 2 aromatic rings. The standard InChI is InChI=1S/C21H23N3O5.ClH/c1-12(22)19(25)23-10-18(20(26)27)24-21(28)29-11-17-15-8-4-2-6-13(15)14-7-3-5-9-16(14)17;/h2-9,12,17-18H,10-11,22H2,1H3,(H,23,25)(H,24,28)(H,26,27);1H/t12-,18+;/m1./s1. The second kappa shape index (κ2) is 10.1. The van der Waals surface area contributed by atoms with Gasteiger partial charge >= 0.3 is 12.1 Å². The number of nitrogens with two attached hydrogens (primary N) is 1. The molecule has 3 rings (SSSR count). The number of hydrogen-bond acceptors (Lipinski definition) is 5. The van der Waals surface area contributed by atoms with Crippen LogP contribution in [0.1, 0.15) is 24.0 Å². The summed E-state index contributed by atoms with van der Waals surface area (Å²) in [6.07, 6.45) is -0.866. The third kappa shape index (κ3) is 5.08. The number of carbonyl (C=O) groups is 3. The maximum atomic E-state index is 12.2. The Kier molecular flexibility index (Phi) is 7.79. The van der Waals surface area contributed by atoms with Crippen molar-refractivity contribution in [2.24, 2.45) is 5.73 Å². The van der Waals surface area contributed by atoms with Crippen LogP contribution in [0.25, 0.3) is 11.1 Å². The van der Waals surface area contributed by atoms with Crippen LogP contribution in [0, 0.1) is 0 Å². The summed E-state index contributed by atoms with van der Waals surface area (Å²) in [5.41, 5.74) is 9.73. The van der Waals surface area contributed by atoms with Gasteiger partial charge in [-0.2, -0.15) is 0 Å². The van der Waals surface area contributed by atoms with E-state index in [4.69, 9.17) is 10.5 Å². The molecule has 0 unspecified atom stereocenters. The van der Waals surface area contributed by atoms with Gasteiger partial charge in [0.15, 0.2) is 0 Å². The average Bonchev–Trinajstić information content (AvgIpc) is 3.03. The van der Waals surface area contributed by atoms with Crippen LogP contribution >= 0.6 is 12.4 Å². The van der Waals surface area contributed by atoms with Crippen molar-refractivity contribution in [1.82, 2.24) is 10.6 Å². The van der Waals surface area contributed by atoms with Crippen molar-refractivity contribution < 1.29 is 24.2 Å². The third-order valence-corrected chi connectivity index (χ3v) is 4.83. The highest BCUT2D eigenvalue weighted by Crippen LogP contribution is 2.44. The van der Waals surface area contributed by atoms with Gasteiger partial charge in [0.2, 0.25) is 5.91 Å². The zero-order chi connectivity index (χ0) is 21.0. The molecule has 0 saturated heterocycles. The largest absolute Gasteiger partial charge is 0.480 e. The summed E-state index contributed by atoms with van der Waals surface area (Å²) in [5.74, 6) is -1.93. The van der Waals surface area contributed by atoms with Crippen molar-refractivity contribution in [2.75, 3.05) is 13.2 Å². The highest BCUT2D eigenvalue weighted by Gasteiger charge is 2.29. The van der Waals surface area contributed by atoms with Crippen LogP contribution in [0.4, 0.5) is 4.79 Å². The Bertz CT molecular complexity index is 889. The predicted octanol–water partition coefficient (Wildman–Crippen LogP) is 1.86. The third-order valence-electron chi connectivity index (χ3n) is 4.83. The Hall–Kier alpha value is -3.10. The molecule has 2 aromatic carbocycles. The number of aliphatic carboxylic acids is 1. The average molecular weight is 434 g/mol. The number of nitrogens with one attached hydrogen (secondary N) is 2. The van der Waals surface area contributed by atoms with Crippen molar-refractivity contribution >= 4 is 30.4 Å². The van der Waals surface area contributed by atoms with E-state index >= 15 is 0 Å². The first-order valence-corrected chi connectivity index (χ1v) is 9.26. The Morgan fingerprint density at radius 1 is 1.07 bits per heavy atom. The molecular formula is C21H24ClN3O5. The van der Waals surface area contributed by atoms with Crippen LogP contribution in [-0.2, 0) is 14.3 Å².